The normalized spacial score (nSPS) is 16.5. The topological polar surface area (TPSA) is 41.6 Å². The van der Waals surface area contributed by atoms with E-state index in [1.165, 1.54) is 0 Å². The average Bonchev–Trinajstić information content (AvgIpc) is 2.48. The second-order valence-electron chi connectivity index (χ2n) is 6.84. The van der Waals surface area contributed by atoms with Crippen molar-refractivity contribution in [2.24, 2.45) is 0 Å². The minimum absolute atomic E-state index is 0.0458. The van der Waals surface area contributed by atoms with Crippen LogP contribution in [-0.4, -0.2) is 50.0 Å². The number of nitrogens with one attached hydrogen (secondary N) is 1. The first-order valence-corrected chi connectivity index (χ1v) is 8.15. The number of ketones is 1. The van der Waals surface area contributed by atoms with Gasteiger partial charge in [0.05, 0.1) is 13.2 Å². The van der Waals surface area contributed by atoms with Crippen LogP contribution in [0, 0.1) is 0 Å². The molecule has 1 saturated heterocycles. The summed E-state index contributed by atoms with van der Waals surface area (Å²) in [6, 6.07) is 5.84. The molecule has 0 radical (unpaired) electrons. The highest BCUT2D eigenvalue weighted by atomic mass is 16.5. The van der Waals surface area contributed by atoms with Crippen molar-refractivity contribution in [3.05, 3.63) is 29.3 Å². The predicted molar refractivity (Wildman–Crippen MR) is 90.0 cm³/mol. The van der Waals surface area contributed by atoms with Gasteiger partial charge in [-0.25, -0.2) is 0 Å². The molecule has 4 heteroatoms. The Balaban J connectivity index is 2.18. The van der Waals surface area contributed by atoms with Crippen LogP contribution in [0.1, 0.15) is 43.6 Å². The molecule has 0 aromatic heterocycles. The summed E-state index contributed by atoms with van der Waals surface area (Å²) in [7, 11) is 0. The van der Waals surface area contributed by atoms with E-state index in [0.29, 0.717) is 13.2 Å². The molecule has 4 nitrogen and oxygen atoms in total. The van der Waals surface area contributed by atoms with Gasteiger partial charge in [0.2, 0.25) is 0 Å². The van der Waals surface area contributed by atoms with Crippen molar-refractivity contribution < 1.29 is 9.53 Å². The van der Waals surface area contributed by atoms with Crippen LogP contribution in [-0.2, 0) is 5.41 Å². The second kappa shape index (κ2) is 7.25. The van der Waals surface area contributed by atoms with Crippen molar-refractivity contribution in [2.45, 2.75) is 33.1 Å². The Labute approximate surface area is 133 Å². The number of benzene rings is 1. The summed E-state index contributed by atoms with van der Waals surface area (Å²) < 4.78 is 5.72. The number of ether oxygens (including phenoxy) is 1. The molecule has 1 fully saturated rings. The fourth-order valence-corrected chi connectivity index (χ4v) is 2.73. The van der Waals surface area contributed by atoms with Gasteiger partial charge in [0.25, 0.3) is 0 Å². The van der Waals surface area contributed by atoms with Crippen LogP contribution < -0.4 is 10.1 Å². The fraction of sp³-hybridized carbons (Fsp3) is 0.611. The van der Waals surface area contributed by atoms with E-state index in [4.69, 9.17) is 4.74 Å². The molecule has 0 unspecified atom stereocenters. The molecule has 0 bridgehead atoms. The van der Waals surface area contributed by atoms with Gasteiger partial charge in [0.1, 0.15) is 5.75 Å². The van der Waals surface area contributed by atoms with Gasteiger partial charge in [-0.3, -0.25) is 9.69 Å². The van der Waals surface area contributed by atoms with E-state index in [0.717, 1.165) is 43.1 Å². The molecule has 1 heterocycles. The van der Waals surface area contributed by atoms with Gasteiger partial charge < -0.3 is 10.1 Å². The van der Waals surface area contributed by atoms with Gasteiger partial charge >= 0.3 is 0 Å². The SMILES string of the molecule is CCOc1ccc(C(=O)CN2CCNCC2)cc1C(C)(C)C. The Kier molecular flexibility index (Phi) is 5.59. The Morgan fingerprint density at radius 1 is 1.27 bits per heavy atom. The van der Waals surface area contributed by atoms with Gasteiger partial charge in [-0.2, -0.15) is 0 Å². The van der Waals surface area contributed by atoms with Gasteiger partial charge in [0, 0.05) is 37.3 Å². The lowest BCUT2D eigenvalue weighted by Crippen LogP contribution is -2.45. The third-order valence-corrected chi connectivity index (χ3v) is 3.99. The summed E-state index contributed by atoms with van der Waals surface area (Å²) >= 11 is 0. The molecule has 0 aliphatic carbocycles. The number of carbonyl (C=O) groups excluding carboxylic acids is 1. The molecule has 1 aromatic carbocycles. The lowest BCUT2D eigenvalue weighted by Gasteiger charge is -2.27. The van der Waals surface area contributed by atoms with Gasteiger partial charge in [-0.05, 0) is 30.5 Å². The lowest BCUT2D eigenvalue weighted by atomic mass is 9.85. The molecule has 2 rings (SSSR count). The first-order chi connectivity index (χ1) is 10.4. The van der Waals surface area contributed by atoms with Crippen molar-refractivity contribution >= 4 is 5.78 Å². The third kappa shape index (κ3) is 4.31. The maximum atomic E-state index is 12.6. The largest absolute Gasteiger partial charge is 0.494 e. The molecule has 122 valence electrons. The van der Waals surface area contributed by atoms with Gasteiger partial charge in [-0.1, -0.05) is 20.8 Å². The van der Waals surface area contributed by atoms with Crippen LogP contribution in [0.2, 0.25) is 0 Å². The Morgan fingerprint density at radius 3 is 2.55 bits per heavy atom. The lowest BCUT2D eigenvalue weighted by molar-refractivity contribution is 0.0921. The van der Waals surface area contributed by atoms with Crippen LogP contribution in [0.4, 0.5) is 0 Å². The van der Waals surface area contributed by atoms with Gasteiger partial charge in [0.15, 0.2) is 5.78 Å². The van der Waals surface area contributed by atoms with Crippen LogP contribution in [0.25, 0.3) is 0 Å². The smallest absolute Gasteiger partial charge is 0.176 e. The van der Waals surface area contributed by atoms with E-state index >= 15 is 0 Å². The van der Waals surface area contributed by atoms with Crippen molar-refractivity contribution in [2.75, 3.05) is 39.3 Å². The highest BCUT2D eigenvalue weighted by molar-refractivity contribution is 5.98. The van der Waals surface area contributed by atoms with Crippen molar-refractivity contribution in [1.82, 2.24) is 10.2 Å². The minimum Gasteiger partial charge on any atom is -0.494 e. The standard InChI is InChI=1S/C18H28N2O2/c1-5-22-17-7-6-14(12-15(17)18(2,3)4)16(21)13-20-10-8-19-9-11-20/h6-7,12,19H,5,8-11,13H2,1-4H3. The molecule has 0 atom stereocenters. The molecule has 1 aliphatic rings. The number of hydrogen-bond donors (Lipinski definition) is 1. The quantitative estimate of drug-likeness (QED) is 0.849. The van der Waals surface area contributed by atoms with Crippen molar-refractivity contribution in [3.8, 4) is 5.75 Å². The van der Waals surface area contributed by atoms with Crippen molar-refractivity contribution in [1.29, 1.82) is 0 Å². The number of rotatable bonds is 5. The Hall–Kier alpha value is -1.39. The zero-order valence-corrected chi connectivity index (χ0v) is 14.2. The number of hydrogen-bond acceptors (Lipinski definition) is 4. The van der Waals surface area contributed by atoms with E-state index in [9.17, 15) is 4.79 Å². The summed E-state index contributed by atoms with van der Waals surface area (Å²) in [5, 5.41) is 3.31. The minimum atomic E-state index is -0.0458. The molecule has 1 aromatic rings. The van der Waals surface area contributed by atoms with E-state index in [2.05, 4.69) is 31.0 Å². The summed E-state index contributed by atoms with van der Waals surface area (Å²) in [5.74, 6) is 1.07. The Bertz CT molecular complexity index is 514. The average molecular weight is 304 g/mol. The number of piperazine rings is 1. The van der Waals surface area contributed by atoms with Gasteiger partial charge in [-0.15, -0.1) is 0 Å². The summed E-state index contributed by atoms with van der Waals surface area (Å²) in [6.07, 6.45) is 0. The summed E-state index contributed by atoms with van der Waals surface area (Å²) in [6.45, 7) is 13.4. The zero-order chi connectivity index (χ0) is 16.2. The first-order valence-electron chi connectivity index (χ1n) is 8.15. The van der Waals surface area contributed by atoms with Crippen LogP contribution in [0.3, 0.4) is 0 Å². The third-order valence-electron chi connectivity index (χ3n) is 3.99. The van der Waals surface area contributed by atoms with Crippen LogP contribution >= 0.6 is 0 Å². The molecule has 0 saturated carbocycles. The highest BCUT2D eigenvalue weighted by Gasteiger charge is 2.22. The van der Waals surface area contributed by atoms with E-state index in [-0.39, 0.29) is 11.2 Å². The number of carbonyl (C=O) groups is 1. The molecular formula is C18H28N2O2. The second-order valence-corrected chi connectivity index (χ2v) is 6.84. The molecule has 22 heavy (non-hydrogen) atoms. The highest BCUT2D eigenvalue weighted by Crippen LogP contribution is 2.32. The Morgan fingerprint density at radius 2 is 1.95 bits per heavy atom. The first kappa shape index (κ1) is 17.0. The van der Waals surface area contributed by atoms with E-state index in [1.807, 2.05) is 25.1 Å². The van der Waals surface area contributed by atoms with Crippen LogP contribution in [0.15, 0.2) is 18.2 Å². The zero-order valence-electron chi connectivity index (χ0n) is 14.2. The van der Waals surface area contributed by atoms with Crippen molar-refractivity contribution in [3.63, 3.8) is 0 Å². The van der Waals surface area contributed by atoms with Crippen LogP contribution in [0.5, 0.6) is 5.75 Å². The summed E-state index contributed by atoms with van der Waals surface area (Å²) in [5.41, 5.74) is 1.84. The molecule has 1 aliphatic heterocycles. The monoisotopic (exact) mass is 304 g/mol. The molecule has 0 amide bonds. The summed E-state index contributed by atoms with van der Waals surface area (Å²) in [4.78, 5) is 14.8. The molecule has 0 spiro atoms. The van der Waals surface area contributed by atoms with E-state index < -0.39 is 0 Å². The maximum Gasteiger partial charge on any atom is 0.176 e. The fourth-order valence-electron chi connectivity index (χ4n) is 2.73. The predicted octanol–water partition coefficient (Wildman–Crippen LogP) is 2.47. The number of nitrogens with zero attached hydrogens (tertiary/aromatic N) is 1. The maximum absolute atomic E-state index is 12.6. The molecular weight excluding hydrogens is 276 g/mol. The number of Topliss-reactive ketones (excluding diaryl/α,β-unsaturated/α-hetero) is 1. The molecule has 1 N–H and O–H groups in total. The van der Waals surface area contributed by atoms with E-state index in [1.54, 1.807) is 0 Å².